The fraction of sp³-hybridized carbons (Fsp3) is 1.00. The van der Waals surface area contributed by atoms with Crippen molar-refractivity contribution in [2.45, 2.75) is 83.7 Å². The van der Waals surface area contributed by atoms with Gasteiger partial charge in [0.2, 0.25) is 0 Å². The zero-order valence-electron chi connectivity index (χ0n) is 11.8. The lowest BCUT2D eigenvalue weighted by atomic mass is 9.87. The minimum Gasteiger partial charge on any atom is -0.255 e. The number of nitrogens with zero attached hydrogens (tertiary/aromatic N) is 1. The lowest BCUT2D eigenvalue weighted by Crippen LogP contribution is -2.52. The Bertz CT molecular complexity index is 201. The van der Waals surface area contributed by atoms with Gasteiger partial charge in [0.25, 0.3) is 0 Å². The second-order valence-corrected chi connectivity index (χ2v) is 6.24. The summed E-state index contributed by atoms with van der Waals surface area (Å²) in [4.78, 5) is 0. The molecule has 0 radical (unpaired) electrons. The van der Waals surface area contributed by atoms with Gasteiger partial charge in [-0.05, 0) is 39.0 Å². The second kappa shape index (κ2) is 6.75. The van der Waals surface area contributed by atoms with Crippen LogP contribution in [0.3, 0.4) is 0 Å². The maximum atomic E-state index is 3.70. The summed E-state index contributed by atoms with van der Waals surface area (Å²) in [6.07, 6.45) is 12.9. The molecule has 1 heterocycles. The van der Waals surface area contributed by atoms with Crippen LogP contribution in [0.25, 0.3) is 0 Å². The van der Waals surface area contributed by atoms with Gasteiger partial charge in [-0.25, -0.2) is 5.01 Å². The molecular formula is C15H30N2. The van der Waals surface area contributed by atoms with Crippen LogP contribution in [-0.2, 0) is 0 Å². The number of hydrazine groups is 1. The summed E-state index contributed by atoms with van der Waals surface area (Å²) >= 11 is 0. The van der Waals surface area contributed by atoms with Gasteiger partial charge in [0.05, 0.1) is 0 Å². The highest BCUT2D eigenvalue weighted by molar-refractivity contribution is 4.77. The summed E-state index contributed by atoms with van der Waals surface area (Å²) in [6.45, 7) is 5.92. The van der Waals surface area contributed by atoms with Crippen LogP contribution in [0.1, 0.15) is 71.6 Å². The van der Waals surface area contributed by atoms with Crippen molar-refractivity contribution in [3.8, 4) is 0 Å². The summed E-state index contributed by atoms with van der Waals surface area (Å²) in [6, 6.07) is 1.45. The first-order chi connectivity index (χ1) is 8.27. The van der Waals surface area contributed by atoms with Crippen molar-refractivity contribution in [3.63, 3.8) is 0 Å². The molecule has 2 nitrogen and oxygen atoms in total. The van der Waals surface area contributed by atoms with Crippen LogP contribution >= 0.6 is 0 Å². The predicted molar refractivity (Wildman–Crippen MR) is 73.8 cm³/mol. The van der Waals surface area contributed by atoms with Crippen molar-refractivity contribution in [2.24, 2.45) is 5.92 Å². The van der Waals surface area contributed by atoms with Gasteiger partial charge in [0.15, 0.2) is 0 Å². The monoisotopic (exact) mass is 238 g/mol. The van der Waals surface area contributed by atoms with Gasteiger partial charge in [-0.1, -0.05) is 38.5 Å². The molecule has 0 aromatic heterocycles. The van der Waals surface area contributed by atoms with Crippen LogP contribution < -0.4 is 5.43 Å². The van der Waals surface area contributed by atoms with E-state index in [-0.39, 0.29) is 0 Å². The molecule has 17 heavy (non-hydrogen) atoms. The van der Waals surface area contributed by atoms with Crippen LogP contribution in [-0.4, -0.2) is 23.6 Å². The van der Waals surface area contributed by atoms with Gasteiger partial charge in [-0.15, -0.1) is 0 Å². The van der Waals surface area contributed by atoms with E-state index in [1.54, 1.807) is 0 Å². The first-order valence-corrected chi connectivity index (χ1v) is 7.79. The molecule has 0 aromatic rings. The van der Waals surface area contributed by atoms with Crippen molar-refractivity contribution < 1.29 is 0 Å². The van der Waals surface area contributed by atoms with E-state index in [1.807, 2.05) is 0 Å². The van der Waals surface area contributed by atoms with Crippen LogP contribution in [0.5, 0.6) is 0 Å². The summed E-state index contributed by atoms with van der Waals surface area (Å²) in [7, 11) is 0. The summed E-state index contributed by atoms with van der Waals surface area (Å²) in [5.41, 5.74) is 3.70. The zero-order chi connectivity index (χ0) is 12.1. The fourth-order valence-electron chi connectivity index (χ4n) is 3.61. The molecule has 2 aliphatic rings. The van der Waals surface area contributed by atoms with E-state index in [1.165, 1.54) is 64.3 Å². The van der Waals surface area contributed by atoms with Gasteiger partial charge in [-0.3, -0.25) is 5.43 Å². The van der Waals surface area contributed by atoms with Crippen molar-refractivity contribution >= 4 is 0 Å². The molecule has 2 unspecified atom stereocenters. The zero-order valence-corrected chi connectivity index (χ0v) is 11.8. The van der Waals surface area contributed by atoms with Crippen molar-refractivity contribution in [1.82, 2.24) is 10.4 Å². The topological polar surface area (TPSA) is 15.3 Å². The molecule has 1 N–H and O–H groups in total. The molecule has 2 heteroatoms. The number of hydrogen-bond acceptors (Lipinski definition) is 2. The molecule has 2 rings (SSSR count). The molecule has 1 saturated heterocycles. The number of nitrogens with one attached hydrogen (secondary N) is 1. The molecule has 0 aromatic carbocycles. The molecule has 0 bridgehead atoms. The Kier molecular flexibility index (Phi) is 5.30. The minimum atomic E-state index is 0.727. The summed E-state index contributed by atoms with van der Waals surface area (Å²) in [5, 5.41) is 2.52. The van der Waals surface area contributed by atoms with E-state index in [0.29, 0.717) is 0 Å². The first-order valence-electron chi connectivity index (χ1n) is 7.79. The average Bonchev–Trinajstić information content (AvgIpc) is 2.34. The third-order valence-corrected chi connectivity index (χ3v) is 4.77. The van der Waals surface area contributed by atoms with Crippen molar-refractivity contribution in [2.75, 3.05) is 6.54 Å². The molecule has 0 spiro atoms. The lowest BCUT2D eigenvalue weighted by molar-refractivity contribution is 0.0437. The van der Waals surface area contributed by atoms with Crippen LogP contribution in [0.15, 0.2) is 0 Å². The Hall–Kier alpha value is -0.0800. The quantitative estimate of drug-likeness (QED) is 0.803. The predicted octanol–water partition coefficient (Wildman–Crippen LogP) is 3.72. The molecule has 1 aliphatic heterocycles. The standard InChI is InChI=1S/C15H30N2/c1-13-7-6-8-14(2)17(13)16-12-11-15-9-4-3-5-10-15/h13-16H,3-12H2,1-2H3. The van der Waals surface area contributed by atoms with E-state index in [9.17, 15) is 0 Å². The van der Waals surface area contributed by atoms with E-state index in [4.69, 9.17) is 0 Å². The third-order valence-electron chi connectivity index (χ3n) is 4.77. The highest BCUT2D eigenvalue weighted by Crippen LogP contribution is 2.26. The number of hydrogen-bond donors (Lipinski definition) is 1. The number of rotatable bonds is 4. The Morgan fingerprint density at radius 1 is 0.882 bits per heavy atom. The van der Waals surface area contributed by atoms with Crippen LogP contribution in [0.4, 0.5) is 0 Å². The minimum absolute atomic E-state index is 0.727. The van der Waals surface area contributed by atoms with Crippen molar-refractivity contribution in [3.05, 3.63) is 0 Å². The van der Waals surface area contributed by atoms with Gasteiger partial charge >= 0.3 is 0 Å². The molecule has 1 aliphatic carbocycles. The Morgan fingerprint density at radius 2 is 1.53 bits per heavy atom. The Labute approximate surface area is 107 Å². The maximum absolute atomic E-state index is 3.70. The molecule has 100 valence electrons. The fourth-order valence-corrected chi connectivity index (χ4v) is 3.61. The summed E-state index contributed by atoms with van der Waals surface area (Å²) < 4.78 is 0. The largest absolute Gasteiger partial charge is 0.255 e. The van der Waals surface area contributed by atoms with Gasteiger partial charge < -0.3 is 0 Å². The van der Waals surface area contributed by atoms with Gasteiger partial charge in [0, 0.05) is 18.6 Å². The Morgan fingerprint density at radius 3 is 2.18 bits per heavy atom. The van der Waals surface area contributed by atoms with E-state index in [0.717, 1.165) is 18.0 Å². The van der Waals surface area contributed by atoms with E-state index >= 15 is 0 Å². The summed E-state index contributed by atoms with van der Waals surface area (Å²) in [5.74, 6) is 1.01. The smallest absolute Gasteiger partial charge is 0.0218 e. The second-order valence-electron chi connectivity index (χ2n) is 6.24. The highest BCUT2D eigenvalue weighted by atomic mass is 15.5. The van der Waals surface area contributed by atoms with E-state index in [2.05, 4.69) is 24.3 Å². The molecule has 2 atom stereocenters. The molecule has 2 fully saturated rings. The van der Waals surface area contributed by atoms with Gasteiger partial charge in [0.1, 0.15) is 0 Å². The number of piperidine rings is 1. The average molecular weight is 238 g/mol. The molecule has 0 amide bonds. The normalized spacial score (nSPS) is 32.8. The maximum Gasteiger partial charge on any atom is 0.0218 e. The SMILES string of the molecule is CC1CCCC(C)N1NCCC1CCCCC1. The third kappa shape index (κ3) is 3.96. The Balaban J connectivity index is 1.66. The van der Waals surface area contributed by atoms with Gasteiger partial charge in [-0.2, -0.15) is 0 Å². The van der Waals surface area contributed by atoms with E-state index < -0.39 is 0 Å². The highest BCUT2D eigenvalue weighted by Gasteiger charge is 2.24. The van der Waals surface area contributed by atoms with Crippen LogP contribution in [0, 0.1) is 5.92 Å². The molecule has 1 saturated carbocycles. The lowest BCUT2D eigenvalue weighted by Gasteiger charge is -2.39. The van der Waals surface area contributed by atoms with Crippen LogP contribution in [0.2, 0.25) is 0 Å². The van der Waals surface area contributed by atoms with Crippen molar-refractivity contribution in [1.29, 1.82) is 0 Å². The first kappa shape index (κ1) is 13.4. The molecular weight excluding hydrogens is 208 g/mol.